The van der Waals surface area contributed by atoms with E-state index in [0.717, 1.165) is 12.1 Å². The molecule has 0 bridgehead atoms. The van der Waals surface area contributed by atoms with Gasteiger partial charge in [-0.05, 0) is 12.1 Å². The van der Waals surface area contributed by atoms with E-state index in [4.69, 9.17) is 15.6 Å². The van der Waals surface area contributed by atoms with Gasteiger partial charge in [0.15, 0.2) is 11.6 Å². The monoisotopic (exact) mass is 217 g/mol. The van der Waals surface area contributed by atoms with Crippen molar-refractivity contribution in [1.29, 1.82) is 0 Å². The number of ether oxygens (including phenoxy) is 1. The van der Waals surface area contributed by atoms with Gasteiger partial charge in [-0.15, -0.1) is 0 Å². The molecule has 1 unspecified atom stereocenters. The summed E-state index contributed by atoms with van der Waals surface area (Å²) in [5.74, 6) is -1.43. The Labute approximate surface area is 86.5 Å². The first-order valence-corrected chi connectivity index (χ1v) is 4.59. The van der Waals surface area contributed by atoms with Crippen LogP contribution in [-0.2, 0) is 0 Å². The van der Waals surface area contributed by atoms with Gasteiger partial charge in [-0.1, -0.05) is 0 Å². The summed E-state index contributed by atoms with van der Waals surface area (Å²) in [7, 11) is 0. The minimum absolute atomic E-state index is 0.0272. The molecule has 1 atom stereocenters. The Morgan fingerprint density at radius 1 is 1.40 bits per heavy atom. The zero-order valence-corrected chi connectivity index (χ0v) is 8.12. The lowest BCUT2D eigenvalue weighted by molar-refractivity contribution is 0.144. The van der Waals surface area contributed by atoms with Crippen LogP contribution in [0.5, 0.6) is 5.75 Å². The molecule has 3 nitrogen and oxygen atoms in total. The summed E-state index contributed by atoms with van der Waals surface area (Å²) in [6.07, 6.45) is -0.346. The number of aliphatic hydroxyl groups excluding tert-OH is 1. The van der Waals surface area contributed by atoms with Crippen molar-refractivity contribution in [1.82, 2.24) is 0 Å². The molecule has 0 aliphatic rings. The highest BCUT2D eigenvalue weighted by atomic mass is 19.1. The van der Waals surface area contributed by atoms with Crippen LogP contribution >= 0.6 is 0 Å². The van der Waals surface area contributed by atoms with Gasteiger partial charge in [0.05, 0.1) is 12.7 Å². The summed E-state index contributed by atoms with van der Waals surface area (Å²) in [4.78, 5) is 0. The second-order valence-corrected chi connectivity index (χ2v) is 3.10. The van der Waals surface area contributed by atoms with E-state index >= 15 is 0 Å². The van der Waals surface area contributed by atoms with E-state index in [9.17, 15) is 8.78 Å². The number of rotatable bonds is 5. The average molecular weight is 217 g/mol. The maximum atomic E-state index is 13.0. The lowest BCUT2D eigenvalue weighted by Gasteiger charge is -2.09. The van der Waals surface area contributed by atoms with Gasteiger partial charge in [0.2, 0.25) is 0 Å². The Kier molecular flexibility index (Phi) is 4.45. The summed E-state index contributed by atoms with van der Waals surface area (Å²) in [5.41, 5.74) is 5.17. The third kappa shape index (κ3) is 3.81. The molecule has 0 aliphatic heterocycles. The SMILES string of the molecule is NCC(O)CCOc1ccc(F)cc1F. The predicted octanol–water partition coefficient (Wildman–Crippen LogP) is 1.05. The standard InChI is InChI=1S/C10H13F2NO2/c11-7-1-2-10(9(12)5-7)15-4-3-8(14)6-13/h1-2,5,8,14H,3-4,6,13H2. The molecule has 1 aromatic carbocycles. The van der Waals surface area contributed by atoms with Gasteiger partial charge in [0, 0.05) is 19.0 Å². The van der Waals surface area contributed by atoms with Crippen LogP contribution in [0.15, 0.2) is 18.2 Å². The van der Waals surface area contributed by atoms with Crippen LogP contribution in [-0.4, -0.2) is 24.4 Å². The minimum Gasteiger partial charge on any atom is -0.490 e. The number of halogens is 2. The third-order valence-corrected chi connectivity index (χ3v) is 1.87. The molecule has 0 amide bonds. The Hall–Kier alpha value is -1.20. The molecule has 15 heavy (non-hydrogen) atoms. The van der Waals surface area contributed by atoms with Crippen LogP contribution in [0.3, 0.4) is 0 Å². The Morgan fingerprint density at radius 3 is 2.73 bits per heavy atom. The summed E-state index contributed by atoms with van der Waals surface area (Å²) in [6, 6.07) is 3.06. The molecule has 0 aromatic heterocycles. The number of nitrogens with two attached hydrogens (primary N) is 1. The van der Waals surface area contributed by atoms with Crippen LogP contribution in [0.25, 0.3) is 0 Å². The smallest absolute Gasteiger partial charge is 0.167 e. The molecular formula is C10H13F2NO2. The summed E-state index contributed by atoms with van der Waals surface area (Å²) < 4.78 is 30.5. The number of aliphatic hydroxyl groups is 1. The second-order valence-electron chi connectivity index (χ2n) is 3.10. The van der Waals surface area contributed by atoms with Gasteiger partial charge < -0.3 is 15.6 Å². The highest BCUT2D eigenvalue weighted by Gasteiger charge is 2.06. The van der Waals surface area contributed by atoms with Gasteiger partial charge in [-0.2, -0.15) is 0 Å². The fourth-order valence-electron chi connectivity index (χ4n) is 1.02. The minimum atomic E-state index is -0.753. The Bertz CT molecular complexity index is 320. The maximum absolute atomic E-state index is 13.0. The molecule has 0 fully saturated rings. The van der Waals surface area contributed by atoms with Crippen molar-refractivity contribution >= 4 is 0 Å². The summed E-state index contributed by atoms with van der Waals surface area (Å²) in [5, 5.41) is 9.09. The van der Waals surface area contributed by atoms with E-state index in [-0.39, 0.29) is 18.9 Å². The number of hydrogen-bond acceptors (Lipinski definition) is 3. The van der Waals surface area contributed by atoms with Gasteiger partial charge in [-0.3, -0.25) is 0 Å². The molecule has 5 heteroatoms. The first-order chi connectivity index (χ1) is 7.13. The quantitative estimate of drug-likeness (QED) is 0.775. The van der Waals surface area contributed by atoms with Crippen LogP contribution < -0.4 is 10.5 Å². The largest absolute Gasteiger partial charge is 0.490 e. The van der Waals surface area contributed by atoms with Crippen LogP contribution in [0.4, 0.5) is 8.78 Å². The zero-order valence-electron chi connectivity index (χ0n) is 8.12. The van der Waals surface area contributed by atoms with Gasteiger partial charge >= 0.3 is 0 Å². The van der Waals surface area contributed by atoms with Crippen LogP contribution in [0.2, 0.25) is 0 Å². The van der Waals surface area contributed by atoms with E-state index in [1.807, 2.05) is 0 Å². The fourth-order valence-corrected chi connectivity index (χ4v) is 1.02. The predicted molar refractivity (Wildman–Crippen MR) is 51.5 cm³/mol. The molecule has 1 rings (SSSR count). The van der Waals surface area contributed by atoms with Crippen molar-refractivity contribution in [2.75, 3.05) is 13.2 Å². The van der Waals surface area contributed by atoms with Crippen molar-refractivity contribution in [2.45, 2.75) is 12.5 Å². The fraction of sp³-hybridized carbons (Fsp3) is 0.400. The van der Waals surface area contributed by atoms with Crippen LogP contribution in [0, 0.1) is 11.6 Å². The van der Waals surface area contributed by atoms with E-state index in [2.05, 4.69) is 0 Å². The zero-order chi connectivity index (χ0) is 11.3. The Morgan fingerprint density at radius 2 is 2.13 bits per heavy atom. The van der Waals surface area contributed by atoms with E-state index < -0.39 is 17.7 Å². The molecule has 84 valence electrons. The average Bonchev–Trinajstić information content (AvgIpc) is 2.21. The van der Waals surface area contributed by atoms with Gasteiger partial charge in [0.25, 0.3) is 0 Å². The molecule has 3 N–H and O–H groups in total. The van der Waals surface area contributed by atoms with E-state index in [1.165, 1.54) is 6.07 Å². The third-order valence-electron chi connectivity index (χ3n) is 1.87. The summed E-state index contributed by atoms with van der Waals surface area (Å²) >= 11 is 0. The first-order valence-electron chi connectivity index (χ1n) is 4.59. The van der Waals surface area contributed by atoms with Crippen LogP contribution in [0.1, 0.15) is 6.42 Å². The Balaban J connectivity index is 2.44. The van der Waals surface area contributed by atoms with Crippen molar-refractivity contribution in [3.63, 3.8) is 0 Å². The summed E-state index contributed by atoms with van der Waals surface area (Å²) in [6.45, 7) is 0.274. The van der Waals surface area contributed by atoms with Crippen molar-refractivity contribution in [3.05, 3.63) is 29.8 Å². The lowest BCUT2D eigenvalue weighted by atomic mass is 10.2. The second kappa shape index (κ2) is 5.63. The molecular weight excluding hydrogens is 204 g/mol. The van der Waals surface area contributed by atoms with Gasteiger partial charge in [-0.25, -0.2) is 8.78 Å². The number of benzene rings is 1. The lowest BCUT2D eigenvalue weighted by Crippen LogP contribution is -2.22. The molecule has 0 aliphatic carbocycles. The van der Waals surface area contributed by atoms with Crippen molar-refractivity contribution in [3.8, 4) is 5.75 Å². The highest BCUT2D eigenvalue weighted by Crippen LogP contribution is 2.17. The molecule has 0 saturated carbocycles. The van der Waals surface area contributed by atoms with E-state index in [0.29, 0.717) is 6.42 Å². The first kappa shape index (κ1) is 11.9. The molecule has 0 saturated heterocycles. The van der Waals surface area contributed by atoms with Crippen molar-refractivity contribution < 1.29 is 18.6 Å². The highest BCUT2D eigenvalue weighted by molar-refractivity contribution is 5.24. The van der Waals surface area contributed by atoms with Gasteiger partial charge in [0.1, 0.15) is 5.82 Å². The normalized spacial score (nSPS) is 12.5. The maximum Gasteiger partial charge on any atom is 0.167 e. The molecule has 1 aromatic rings. The molecule has 0 radical (unpaired) electrons. The van der Waals surface area contributed by atoms with Crippen molar-refractivity contribution in [2.24, 2.45) is 5.73 Å². The molecule has 0 heterocycles. The molecule has 0 spiro atoms. The number of hydrogen-bond donors (Lipinski definition) is 2. The topological polar surface area (TPSA) is 55.5 Å². The van der Waals surface area contributed by atoms with E-state index in [1.54, 1.807) is 0 Å².